The zero-order valence-corrected chi connectivity index (χ0v) is 9.00. The third kappa shape index (κ3) is 2.89. The molecule has 1 unspecified atom stereocenters. The third-order valence-corrected chi connectivity index (χ3v) is 1.87. The van der Waals surface area contributed by atoms with Gasteiger partial charge in [0.1, 0.15) is 0 Å². The van der Waals surface area contributed by atoms with Crippen LogP contribution < -0.4 is 5.32 Å². The zero-order chi connectivity index (χ0) is 9.84. The lowest BCUT2D eigenvalue weighted by Gasteiger charge is -2.07. The fourth-order valence-corrected chi connectivity index (χ4v) is 0.848. The Morgan fingerprint density at radius 3 is 3.08 bits per heavy atom. The Kier molecular flexibility index (Phi) is 3.56. The predicted octanol–water partition coefficient (Wildman–Crippen LogP) is 0.536. The number of hydrogen-bond donors (Lipinski definition) is 1. The molecule has 1 atom stereocenters. The molecular formula is C7H11BrN2O3. The van der Waals surface area contributed by atoms with Gasteiger partial charge in [-0.2, -0.15) is 0 Å². The van der Waals surface area contributed by atoms with E-state index in [4.69, 9.17) is 9.57 Å². The topological polar surface area (TPSA) is 50.8 Å². The third-order valence-electron chi connectivity index (χ3n) is 1.45. The molecule has 1 amide bonds. The number of hydrogen-bond acceptors (Lipinski definition) is 4. The van der Waals surface area contributed by atoms with Crippen molar-refractivity contribution < 1.29 is 14.4 Å². The highest BCUT2D eigenvalue weighted by atomic mass is 79.9. The van der Waals surface area contributed by atoms with Crippen LogP contribution in [0.4, 0.5) is 0 Å². The van der Waals surface area contributed by atoms with E-state index in [1.165, 1.54) is 12.2 Å². The van der Waals surface area contributed by atoms with Crippen LogP contribution in [-0.4, -0.2) is 29.6 Å². The van der Waals surface area contributed by atoms with Crippen LogP contribution in [0.15, 0.2) is 12.1 Å². The molecule has 0 aliphatic carbocycles. The van der Waals surface area contributed by atoms with Crippen LogP contribution >= 0.6 is 15.9 Å². The maximum absolute atomic E-state index is 11.2. The van der Waals surface area contributed by atoms with Gasteiger partial charge in [-0.1, -0.05) is 15.9 Å². The number of halogens is 1. The van der Waals surface area contributed by atoms with E-state index < -0.39 is 0 Å². The summed E-state index contributed by atoms with van der Waals surface area (Å²) < 4.78 is 5.09. The second kappa shape index (κ2) is 4.48. The summed E-state index contributed by atoms with van der Waals surface area (Å²) in [6.07, 6.45) is 1.58. The Bertz CT molecular complexity index is 230. The molecule has 0 radical (unpaired) electrons. The van der Waals surface area contributed by atoms with E-state index in [1.54, 1.807) is 13.1 Å². The molecule has 1 aliphatic rings. The number of ether oxygens (including phenoxy) is 1. The van der Waals surface area contributed by atoms with Crippen LogP contribution in [0.3, 0.4) is 0 Å². The first-order chi connectivity index (χ1) is 6.13. The summed E-state index contributed by atoms with van der Waals surface area (Å²) in [6, 6.07) is 0. The van der Waals surface area contributed by atoms with Gasteiger partial charge >= 0.3 is 0 Å². The minimum Gasteiger partial charge on any atom is -0.454 e. The molecule has 13 heavy (non-hydrogen) atoms. The second-order valence-corrected chi connectivity index (χ2v) is 3.85. The molecule has 1 rings (SSSR count). The highest BCUT2D eigenvalue weighted by molar-refractivity contribution is 9.10. The summed E-state index contributed by atoms with van der Waals surface area (Å²) in [6.45, 7) is 2.03. The summed E-state index contributed by atoms with van der Waals surface area (Å²) >= 11 is 3.14. The fraction of sp³-hybridized carbons (Fsp3) is 0.571. The number of rotatable bonds is 3. The Hall–Kier alpha value is -0.750. The van der Waals surface area contributed by atoms with Gasteiger partial charge in [-0.05, 0) is 6.92 Å². The van der Waals surface area contributed by atoms with Crippen LogP contribution in [0.2, 0.25) is 0 Å². The molecule has 0 aromatic heterocycles. The maximum atomic E-state index is 11.2. The van der Waals surface area contributed by atoms with Crippen molar-refractivity contribution in [2.75, 3.05) is 13.8 Å². The van der Waals surface area contributed by atoms with Gasteiger partial charge in [0, 0.05) is 0 Å². The van der Waals surface area contributed by atoms with Crippen molar-refractivity contribution in [3.8, 4) is 0 Å². The van der Waals surface area contributed by atoms with Crippen LogP contribution in [0.25, 0.3) is 0 Å². The molecule has 0 fully saturated rings. The number of amides is 1. The molecule has 74 valence electrons. The Morgan fingerprint density at radius 2 is 2.62 bits per heavy atom. The smallest absolute Gasteiger partial charge is 0.240 e. The first kappa shape index (κ1) is 10.3. The number of nitrogens with one attached hydrogen (secondary N) is 1. The number of hydroxylamine groups is 2. The molecule has 6 heteroatoms. The van der Waals surface area contributed by atoms with E-state index in [2.05, 4.69) is 21.2 Å². The average Bonchev–Trinajstić information content (AvgIpc) is 2.52. The van der Waals surface area contributed by atoms with Crippen LogP contribution in [-0.2, 0) is 14.4 Å². The first-order valence-electron chi connectivity index (χ1n) is 3.74. The molecule has 0 bridgehead atoms. The SMILES string of the molecule is CON1C=C(NC(=O)C(C)Br)OC1. The van der Waals surface area contributed by atoms with E-state index in [-0.39, 0.29) is 10.7 Å². The fourth-order valence-electron chi connectivity index (χ4n) is 0.733. The van der Waals surface area contributed by atoms with E-state index in [9.17, 15) is 4.79 Å². The van der Waals surface area contributed by atoms with Gasteiger partial charge in [-0.15, -0.1) is 0 Å². The molecule has 0 aromatic carbocycles. The van der Waals surface area contributed by atoms with E-state index >= 15 is 0 Å². The van der Waals surface area contributed by atoms with Crippen LogP contribution in [0.1, 0.15) is 6.92 Å². The normalized spacial score (nSPS) is 17.8. The lowest BCUT2D eigenvalue weighted by molar-refractivity contribution is -0.124. The molecule has 1 aliphatic heterocycles. The van der Waals surface area contributed by atoms with Crippen molar-refractivity contribution >= 4 is 21.8 Å². The van der Waals surface area contributed by atoms with E-state index in [0.717, 1.165) is 0 Å². The van der Waals surface area contributed by atoms with Crippen molar-refractivity contribution in [2.45, 2.75) is 11.8 Å². The number of alkyl halides is 1. The lowest BCUT2D eigenvalue weighted by Crippen LogP contribution is -2.28. The van der Waals surface area contributed by atoms with Crippen molar-refractivity contribution in [3.63, 3.8) is 0 Å². The van der Waals surface area contributed by atoms with Crippen molar-refractivity contribution in [1.82, 2.24) is 10.4 Å². The highest BCUT2D eigenvalue weighted by Gasteiger charge is 2.17. The molecule has 1 heterocycles. The predicted molar refractivity (Wildman–Crippen MR) is 49.4 cm³/mol. The van der Waals surface area contributed by atoms with Gasteiger partial charge in [-0.25, -0.2) is 5.06 Å². The summed E-state index contributed by atoms with van der Waals surface area (Å²) in [5, 5.41) is 4.04. The maximum Gasteiger partial charge on any atom is 0.240 e. The summed E-state index contributed by atoms with van der Waals surface area (Å²) in [7, 11) is 1.53. The van der Waals surface area contributed by atoms with E-state index in [0.29, 0.717) is 12.6 Å². The standard InChI is InChI=1S/C7H11BrN2O3/c1-5(8)7(11)9-6-3-10(12-2)4-13-6/h3,5H,4H2,1-2H3,(H,9,11). The lowest BCUT2D eigenvalue weighted by atomic mass is 10.4. The molecule has 0 saturated heterocycles. The Balaban J connectivity index is 2.42. The number of carbonyl (C=O) groups is 1. The van der Waals surface area contributed by atoms with Gasteiger partial charge in [0.2, 0.25) is 11.8 Å². The van der Waals surface area contributed by atoms with Gasteiger partial charge in [-0.3, -0.25) is 14.9 Å². The monoisotopic (exact) mass is 250 g/mol. The second-order valence-electron chi connectivity index (χ2n) is 2.47. The van der Waals surface area contributed by atoms with Gasteiger partial charge in [0.05, 0.1) is 18.1 Å². The molecular weight excluding hydrogens is 240 g/mol. The van der Waals surface area contributed by atoms with E-state index in [1.807, 2.05) is 0 Å². The van der Waals surface area contributed by atoms with Crippen LogP contribution in [0, 0.1) is 0 Å². The molecule has 0 aromatic rings. The minimum atomic E-state index is -0.242. The Morgan fingerprint density at radius 1 is 1.92 bits per heavy atom. The van der Waals surface area contributed by atoms with Gasteiger partial charge in [0.15, 0.2) is 6.73 Å². The summed E-state index contributed by atoms with van der Waals surface area (Å²) in [5.41, 5.74) is 0. The quantitative estimate of drug-likeness (QED) is 0.743. The summed E-state index contributed by atoms with van der Waals surface area (Å²) in [4.78, 5) is 15.8. The zero-order valence-electron chi connectivity index (χ0n) is 7.41. The number of nitrogens with zero attached hydrogens (tertiary/aromatic N) is 1. The summed E-state index contributed by atoms with van der Waals surface area (Å²) in [5.74, 6) is 0.252. The van der Waals surface area contributed by atoms with Gasteiger partial charge < -0.3 is 4.74 Å². The van der Waals surface area contributed by atoms with Crippen LogP contribution in [0.5, 0.6) is 0 Å². The molecule has 5 nitrogen and oxygen atoms in total. The van der Waals surface area contributed by atoms with Crippen molar-refractivity contribution in [3.05, 3.63) is 12.1 Å². The first-order valence-corrected chi connectivity index (χ1v) is 4.65. The van der Waals surface area contributed by atoms with Crippen molar-refractivity contribution in [1.29, 1.82) is 0 Å². The van der Waals surface area contributed by atoms with Gasteiger partial charge in [0.25, 0.3) is 0 Å². The largest absolute Gasteiger partial charge is 0.454 e. The van der Waals surface area contributed by atoms with Crippen molar-refractivity contribution in [2.24, 2.45) is 0 Å². The number of carbonyl (C=O) groups excluding carboxylic acids is 1. The average molecular weight is 251 g/mol. The molecule has 1 N–H and O–H groups in total. The highest BCUT2D eigenvalue weighted by Crippen LogP contribution is 2.08. The Labute approximate surface area is 84.8 Å². The minimum absolute atomic E-state index is 0.149. The molecule has 0 spiro atoms. The molecule has 0 saturated carbocycles.